The Morgan fingerprint density at radius 3 is 2.86 bits per heavy atom. The smallest absolute Gasteiger partial charge is 0.320 e. The highest BCUT2D eigenvalue weighted by Gasteiger charge is 2.51. The molecule has 2 fully saturated rings. The van der Waals surface area contributed by atoms with Crippen molar-refractivity contribution in [1.29, 1.82) is 0 Å². The molecule has 3 atom stereocenters. The van der Waals surface area contributed by atoms with Gasteiger partial charge in [-0.2, -0.15) is 0 Å². The van der Waals surface area contributed by atoms with E-state index < -0.39 is 11.9 Å². The lowest BCUT2D eigenvalue weighted by Crippen LogP contribution is -2.44. The van der Waals surface area contributed by atoms with E-state index >= 15 is 0 Å². The van der Waals surface area contributed by atoms with Crippen LogP contribution in [0, 0.1) is 12.8 Å². The lowest BCUT2D eigenvalue weighted by atomic mass is 9.89. The number of aryl methyl sites for hydroxylation is 1. The highest BCUT2D eigenvalue weighted by Crippen LogP contribution is 2.42. The van der Waals surface area contributed by atoms with Gasteiger partial charge in [0.05, 0.1) is 23.7 Å². The molecule has 21 heavy (non-hydrogen) atoms. The van der Waals surface area contributed by atoms with E-state index in [1.165, 1.54) is 0 Å². The molecule has 3 unspecified atom stereocenters. The van der Waals surface area contributed by atoms with Gasteiger partial charge in [-0.1, -0.05) is 0 Å². The molecule has 1 N–H and O–H groups in total. The molecule has 114 valence electrons. The Kier molecular flexibility index (Phi) is 3.61. The van der Waals surface area contributed by atoms with Crippen molar-refractivity contribution in [2.24, 2.45) is 5.92 Å². The van der Waals surface area contributed by atoms with Crippen LogP contribution >= 0.6 is 11.3 Å². The number of aliphatic carboxylic acids is 1. The lowest BCUT2D eigenvalue weighted by Gasteiger charge is -2.28. The number of nitrogens with zero attached hydrogens (tertiary/aromatic N) is 3. The highest BCUT2D eigenvalue weighted by molar-refractivity contribution is 7.09. The van der Waals surface area contributed by atoms with E-state index in [4.69, 9.17) is 0 Å². The number of carboxylic acid groups (broad SMARTS) is 1. The summed E-state index contributed by atoms with van der Waals surface area (Å²) in [5, 5.41) is 9.26. The number of thiazole rings is 1. The summed E-state index contributed by atoms with van der Waals surface area (Å²) < 4.78 is 0. The summed E-state index contributed by atoms with van der Waals surface area (Å²) in [6.45, 7) is 2.47. The van der Waals surface area contributed by atoms with Crippen LogP contribution in [-0.4, -0.2) is 51.0 Å². The van der Waals surface area contributed by atoms with Crippen molar-refractivity contribution in [3.8, 4) is 0 Å². The summed E-state index contributed by atoms with van der Waals surface area (Å²) in [5.41, 5.74) is 2.73. The number of carboxylic acids is 1. The third-order valence-corrected chi connectivity index (χ3v) is 5.55. The van der Waals surface area contributed by atoms with Crippen molar-refractivity contribution in [2.45, 2.75) is 44.8 Å². The van der Waals surface area contributed by atoms with E-state index in [0.29, 0.717) is 13.0 Å². The molecule has 0 aromatic carbocycles. The maximum atomic E-state index is 12.7. The number of aromatic nitrogens is 1. The first kappa shape index (κ1) is 14.3. The van der Waals surface area contributed by atoms with Crippen LogP contribution in [0.3, 0.4) is 0 Å². The van der Waals surface area contributed by atoms with Crippen molar-refractivity contribution < 1.29 is 14.7 Å². The van der Waals surface area contributed by atoms with E-state index in [1.807, 2.05) is 6.92 Å². The van der Waals surface area contributed by atoms with Gasteiger partial charge in [0.15, 0.2) is 0 Å². The molecule has 6 nitrogen and oxygen atoms in total. The van der Waals surface area contributed by atoms with Crippen LogP contribution < -0.4 is 0 Å². The maximum absolute atomic E-state index is 12.7. The second-order valence-electron chi connectivity index (χ2n) is 5.89. The fourth-order valence-corrected chi connectivity index (χ4v) is 4.34. The average molecular weight is 309 g/mol. The van der Waals surface area contributed by atoms with Crippen LogP contribution in [0.15, 0.2) is 5.51 Å². The summed E-state index contributed by atoms with van der Waals surface area (Å²) in [7, 11) is 1.77. The van der Waals surface area contributed by atoms with E-state index in [2.05, 4.69) is 4.98 Å². The Labute approximate surface area is 127 Å². The predicted octanol–water partition coefficient (Wildman–Crippen LogP) is 1.94. The monoisotopic (exact) mass is 309 g/mol. The van der Waals surface area contributed by atoms with Gasteiger partial charge in [-0.3, -0.25) is 4.79 Å². The van der Waals surface area contributed by atoms with Crippen molar-refractivity contribution >= 4 is 23.3 Å². The number of amides is 2. The minimum absolute atomic E-state index is 0.0564. The summed E-state index contributed by atoms with van der Waals surface area (Å²) >= 11 is 1.54. The molecule has 1 aromatic heterocycles. The number of hydrogen-bond donors (Lipinski definition) is 1. The first-order chi connectivity index (χ1) is 9.99. The number of carbonyl (C=O) groups is 2. The Morgan fingerprint density at radius 2 is 2.29 bits per heavy atom. The van der Waals surface area contributed by atoms with E-state index in [-0.39, 0.29) is 18.1 Å². The fourth-order valence-electron chi connectivity index (χ4n) is 3.51. The Bertz CT molecular complexity index is 574. The van der Waals surface area contributed by atoms with Crippen LogP contribution in [0.2, 0.25) is 0 Å². The number of fused-ring (bicyclic) bond motifs is 2. The highest BCUT2D eigenvalue weighted by atomic mass is 32.1. The van der Waals surface area contributed by atoms with Crippen LogP contribution in [-0.2, 0) is 11.3 Å². The van der Waals surface area contributed by atoms with Crippen molar-refractivity contribution in [3.05, 3.63) is 16.1 Å². The first-order valence-electron chi connectivity index (χ1n) is 7.14. The molecule has 7 heteroatoms. The third-order valence-electron chi connectivity index (χ3n) is 4.63. The van der Waals surface area contributed by atoms with Gasteiger partial charge in [-0.25, -0.2) is 9.78 Å². The summed E-state index contributed by atoms with van der Waals surface area (Å²) in [4.78, 5) is 32.7. The van der Waals surface area contributed by atoms with Crippen molar-refractivity contribution in [1.82, 2.24) is 14.8 Å². The number of carbonyl (C=O) groups excluding carboxylic acids is 1. The SMILES string of the molecule is Cc1ncsc1CN(C)C(=O)N1C2CCC1C(C(=O)O)C2. The van der Waals surface area contributed by atoms with Gasteiger partial charge in [-0.15, -0.1) is 11.3 Å². The zero-order chi connectivity index (χ0) is 15.1. The number of hydrogen-bond acceptors (Lipinski definition) is 4. The van der Waals surface area contributed by atoms with Crippen LogP contribution in [0.5, 0.6) is 0 Å². The van der Waals surface area contributed by atoms with Crippen molar-refractivity contribution in [3.63, 3.8) is 0 Å². The Morgan fingerprint density at radius 1 is 1.52 bits per heavy atom. The standard InChI is InChI=1S/C14H19N3O3S/c1-8-12(21-7-15-8)6-16(2)14(20)17-9-3-4-11(17)10(5-9)13(18)19/h7,9-11H,3-6H2,1-2H3,(H,18,19). The predicted molar refractivity (Wildman–Crippen MR) is 78.1 cm³/mol. The van der Waals surface area contributed by atoms with Gasteiger partial charge >= 0.3 is 12.0 Å². The second kappa shape index (κ2) is 5.29. The molecule has 3 heterocycles. The third kappa shape index (κ3) is 2.39. The molecular formula is C14H19N3O3S. The summed E-state index contributed by atoms with van der Waals surface area (Å²) in [6, 6.07) is -0.0994. The van der Waals surface area contributed by atoms with E-state index in [0.717, 1.165) is 23.4 Å². The number of rotatable bonds is 3. The Hall–Kier alpha value is -1.63. The number of urea groups is 1. The molecule has 0 spiro atoms. The van der Waals surface area contributed by atoms with Gasteiger partial charge < -0.3 is 14.9 Å². The van der Waals surface area contributed by atoms with Gasteiger partial charge in [0.2, 0.25) is 0 Å². The molecule has 2 aliphatic rings. The zero-order valence-electron chi connectivity index (χ0n) is 12.2. The molecular weight excluding hydrogens is 290 g/mol. The van der Waals surface area contributed by atoms with E-state index in [1.54, 1.807) is 33.7 Å². The maximum Gasteiger partial charge on any atom is 0.320 e. The minimum Gasteiger partial charge on any atom is -0.481 e. The van der Waals surface area contributed by atoms with Crippen molar-refractivity contribution in [2.75, 3.05) is 7.05 Å². The first-order valence-corrected chi connectivity index (χ1v) is 8.02. The molecule has 1 aromatic rings. The normalized spacial score (nSPS) is 27.1. The summed E-state index contributed by atoms with van der Waals surface area (Å²) in [5.74, 6) is -1.17. The molecule has 0 radical (unpaired) electrons. The molecule has 2 saturated heterocycles. The average Bonchev–Trinajstić information content (AvgIpc) is 3.13. The van der Waals surface area contributed by atoms with Crippen LogP contribution in [0.4, 0.5) is 4.79 Å². The molecule has 2 amide bonds. The molecule has 2 bridgehead atoms. The zero-order valence-corrected chi connectivity index (χ0v) is 13.0. The van der Waals surface area contributed by atoms with Gasteiger partial charge in [-0.05, 0) is 26.2 Å². The van der Waals surface area contributed by atoms with Crippen LogP contribution in [0.1, 0.15) is 29.8 Å². The second-order valence-corrected chi connectivity index (χ2v) is 6.83. The van der Waals surface area contributed by atoms with E-state index in [9.17, 15) is 14.7 Å². The Balaban J connectivity index is 1.71. The quantitative estimate of drug-likeness (QED) is 0.926. The topological polar surface area (TPSA) is 73.7 Å². The van der Waals surface area contributed by atoms with Gasteiger partial charge in [0, 0.05) is 24.0 Å². The molecule has 0 aliphatic carbocycles. The van der Waals surface area contributed by atoms with Gasteiger partial charge in [0.25, 0.3) is 0 Å². The fraction of sp³-hybridized carbons (Fsp3) is 0.643. The largest absolute Gasteiger partial charge is 0.481 e. The minimum atomic E-state index is -0.777. The summed E-state index contributed by atoms with van der Waals surface area (Å²) in [6.07, 6.45) is 2.33. The van der Waals surface area contributed by atoms with Gasteiger partial charge in [0.1, 0.15) is 0 Å². The lowest BCUT2D eigenvalue weighted by molar-refractivity contribution is -0.142. The molecule has 0 saturated carbocycles. The van der Waals surface area contributed by atoms with Crippen LogP contribution in [0.25, 0.3) is 0 Å². The molecule has 2 aliphatic heterocycles. The molecule has 3 rings (SSSR count).